The van der Waals surface area contributed by atoms with Gasteiger partial charge < -0.3 is 14.9 Å². The van der Waals surface area contributed by atoms with Crippen LogP contribution < -0.4 is 5.32 Å². The Morgan fingerprint density at radius 3 is 2.02 bits per heavy atom. The lowest BCUT2D eigenvalue weighted by atomic mass is 10.0. The molecule has 0 amide bonds. The van der Waals surface area contributed by atoms with E-state index in [4.69, 9.17) is 0 Å². The van der Waals surface area contributed by atoms with E-state index < -0.39 is 0 Å². The molecule has 0 fully saturated rings. The fourth-order valence-electron chi connectivity index (χ4n) is 6.29. The molecule has 0 aliphatic rings. The van der Waals surface area contributed by atoms with E-state index in [9.17, 15) is 0 Å². The van der Waals surface area contributed by atoms with Crippen LogP contribution in [-0.4, -0.2) is 9.55 Å². The van der Waals surface area contributed by atoms with Gasteiger partial charge in [-0.3, -0.25) is 0 Å². The molecule has 2 heterocycles. The highest BCUT2D eigenvalue weighted by Crippen LogP contribution is 2.33. The zero-order valence-corrected chi connectivity index (χ0v) is 22.9. The molecule has 0 radical (unpaired) electrons. The Kier molecular flexibility index (Phi) is 5.42. The number of benzene rings is 6. The second-order valence-corrected chi connectivity index (χ2v) is 10.9. The van der Waals surface area contributed by atoms with Gasteiger partial charge in [0.15, 0.2) is 0 Å². The van der Waals surface area contributed by atoms with Gasteiger partial charge in [-0.1, -0.05) is 78.9 Å². The number of anilines is 2. The molecule has 41 heavy (non-hydrogen) atoms. The fraction of sp³-hybridized carbons (Fsp3) is 0.0526. The van der Waals surface area contributed by atoms with E-state index in [1.807, 2.05) is 0 Å². The molecule has 0 bridgehead atoms. The van der Waals surface area contributed by atoms with E-state index in [2.05, 4.69) is 155 Å². The number of H-pyrrole nitrogens is 1. The molecule has 196 valence electrons. The van der Waals surface area contributed by atoms with Crippen LogP contribution in [0.2, 0.25) is 0 Å². The molecule has 3 heteroatoms. The van der Waals surface area contributed by atoms with Gasteiger partial charge in [-0.2, -0.15) is 0 Å². The van der Waals surface area contributed by atoms with E-state index in [0.29, 0.717) is 0 Å². The summed E-state index contributed by atoms with van der Waals surface area (Å²) in [5.74, 6) is 0. The first kappa shape index (κ1) is 23.6. The van der Waals surface area contributed by atoms with Crippen molar-refractivity contribution in [3.63, 3.8) is 0 Å². The standard InChI is InChI=1S/C38H29N3/c1-25-21-29(41-37-15-6-3-12-32(37)33-13-4-7-16-38(33)41)18-20-34(25)39-28-10-8-9-26(23-28)22-27-17-19-31-30-11-2-5-14-35(30)40-36(31)24-27/h2-21,23-24,39-40H,22H2,1H3. The first-order valence-corrected chi connectivity index (χ1v) is 14.2. The number of para-hydroxylation sites is 3. The van der Waals surface area contributed by atoms with E-state index in [1.54, 1.807) is 0 Å². The average molecular weight is 528 g/mol. The number of fused-ring (bicyclic) bond motifs is 6. The van der Waals surface area contributed by atoms with Crippen molar-refractivity contribution in [2.24, 2.45) is 0 Å². The Bertz CT molecular complexity index is 2180. The molecule has 0 atom stereocenters. The van der Waals surface area contributed by atoms with Gasteiger partial charge in [-0.05, 0) is 84.6 Å². The molecule has 0 spiro atoms. The third-order valence-corrected chi connectivity index (χ3v) is 8.23. The van der Waals surface area contributed by atoms with Gasteiger partial charge in [0.25, 0.3) is 0 Å². The Hall–Kier alpha value is -5.28. The molecule has 8 aromatic rings. The van der Waals surface area contributed by atoms with Crippen LogP contribution in [0.15, 0.2) is 133 Å². The van der Waals surface area contributed by atoms with Gasteiger partial charge in [0.05, 0.1) is 11.0 Å². The van der Waals surface area contributed by atoms with Crippen molar-refractivity contribution in [3.05, 3.63) is 150 Å². The lowest BCUT2D eigenvalue weighted by Gasteiger charge is -2.14. The zero-order chi connectivity index (χ0) is 27.3. The molecule has 3 nitrogen and oxygen atoms in total. The largest absolute Gasteiger partial charge is 0.355 e. The first-order chi connectivity index (χ1) is 20.2. The quantitative estimate of drug-likeness (QED) is 0.229. The van der Waals surface area contributed by atoms with Crippen molar-refractivity contribution >= 4 is 55.0 Å². The van der Waals surface area contributed by atoms with E-state index in [-0.39, 0.29) is 0 Å². The highest BCUT2D eigenvalue weighted by Gasteiger charge is 2.12. The minimum absolute atomic E-state index is 0.881. The molecule has 2 N–H and O–H groups in total. The van der Waals surface area contributed by atoms with Crippen molar-refractivity contribution in [1.82, 2.24) is 9.55 Å². The number of aromatic nitrogens is 2. The second kappa shape index (κ2) is 9.42. The lowest BCUT2D eigenvalue weighted by Crippen LogP contribution is -1.98. The summed E-state index contributed by atoms with van der Waals surface area (Å²) in [6.45, 7) is 2.18. The molecule has 8 rings (SSSR count). The van der Waals surface area contributed by atoms with Gasteiger partial charge in [0, 0.05) is 49.6 Å². The number of nitrogens with zero attached hydrogens (tertiary/aromatic N) is 1. The van der Waals surface area contributed by atoms with Crippen LogP contribution in [0.25, 0.3) is 49.3 Å². The van der Waals surface area contributed by atoms with E-state index in [1.165, 1.54) is 66.0 Å². The minimum atomic E-state index is 0.881. The summed E-state index contributed by atoms with van der Waals surface area (Å²) in [4.78, 5) is 3.57. The maximum absolute atomic E-state index is 3.68. The predicted octanol–water partition coefficient (Wildman–Crippen LogP) is 10.1. The predicted molar refractivity (Wildman–Crippen MR) is 174 cm³/mol. The molecule has 0 unspecified atom stereocenters. The summed E-state index contributed by atoms with van der Waals surface area (Å²) >= 11 is 0. The molecule has 0 saturated heterocycles. The van der Waals surface area contributed by atoms with E-state index >= 15 is 0 Å². The highest BCUT2D eigenvalue weighted by atomic mass is 15.0. The van der Waals surface area contributed by atoms with Crippen LogP contribution in [0, 0.1) is 6.92 Å². The van der Waals surface area contributed by atoms with Gasteiger partial charge in [-0.25, -0.2) is 0 Å². The first-order valence-electron chi connectivity index (χ1n) is 14.2. The number of hydrogen-bond acceptors (Lipinski definition) is 1. The smallest absolute Gasteiger partial charge is 0.0541 e. The molecule has 6 aromatic carbocycles. The number of nitrogens with one attached hydrogen (secondary N) is 2. The van der Waals surface area contributed by atoms with Crippen molar-refractivity contribution in [2.45, 2.75) is 13.3 Å². The summed E-state index contributed by atoms with van der Waals surface area (Å²) < 4.78 is 2.37. The van der Waals surface area contributed by atoms with Crippen LogP contribution in [0.3, 0.4) is 0 Å². The third kappa shape index (κ3) is 4.06. The molecule has 2 aromatic heterocycles. The monoisotopic (exact) mass is 527 g/mol. The lowest BCUT2D eigenvalue weighted by molar-refractivity contribution is 1.17. The molecule has 0 aliphatic heterocycles. The zero-order valence-electron chi connectivity index (χ0n) is 22.9. The van der Waals surface area contributed by atoms with Crippen LogP contribution >= 0.6 is 0 Å². The van der Waals surface area contributed by atoms with Crippen LogP contribution in [0.5, 0.6) is 0 Å². The SMILES string of the molecule is Cc1cc(-n2c3ccccc3c3ccccc32)ccc1Nc1cccc(Cc2ccc3c(c2)[nH]c2ccccc23)c1. The normalized spacial score (nSPS) is 11.6. The van der Waals surface area contributed by atoms with Gasteiger partial charge in [-0.15, -0.1) is 0 Å². The molecular formula is C38H29N3. The van der Waals surface area contributed by atoms with Crippen molar-refractivity contribution < 1.29 is 0 Å². The summed E-state index contributed by atoms with van der Waals surface area (Å²) in [5.41, 5.74) is 12.0. The Balaban J connectivity index is 1.08. The van der Waals surface area contributed by atoms with Crippen molar-refractivity contribution in [2.75, 3.05) is 5.32 Å². The summed E-state index contributed by atoms with van der Waals surface area (Å²) in [7, 11) is 0. The summed E-state index contributed by atoms with van der Waals surface area (Å²) in [6, 6.07) is 48.0. The molecule has 0 saturated carbocycles. The van der Waals surface area contributed by atoms with Gasteiger partial charge in [0.1, 0.15) is 0 Å². The molecular weight excluding hydrogens is 498 g/mol. The fourth-order valence-corrected chi connectivity index (χ4v) is 6.29. The van der Waals surface area contributed by atoms with Crippen molar-refractivity contribution in [3.8, 4) is 5.69 Å². The maximum Gasteiger partial charge on any atom is 0.0541 e. The number of aryl methyl sites for hydroxylation is 1. The number of rotatable bonds is 5. The Morgan fingerprint density at radius 1 is 0.561 bits per heavy atom. The Morgan fingerprint density at radius 2 is 1.24 bits per heavy atom. The van der Waals surface area contributed by atoms with Crippen LogP contribution in [-0.2, 0) is 6.42 Å². The van der Waals surface area contributed by atoms with Gasteiger partial charge in [0.2, 0.25) is 0 Å². The van der Waals surface area contributed by atoms with Crippen LogP contribution in [0.4, 0.5) is 11.4 Å². The van der Waals surface area contributed by atoms with Crippen LogP contribution in [0.1, 0.15) is 16.7 Å². The maximum atomic E-state index is 3.68. The number of aromatic amines is 1. The minimum Gasteiger partial charge on any atom is -0.355 e. The average Bonchev–Trinajstić information content (AvgIpc) is 3.54. The highest BCUT2D eigenvalue weighted by molar-refractivity contribution is 6.09. The van der Waals surface area contributed by atoms with E-state index in [0.717, 1.165) is 17.8 Å². The second-order valence-electron chi connectivity index (χ2n) is 10.9. The Labute approximate surface area is 238 Å². The summed E-state index contributed by atoms with van der Waals surface area (Å²) in [5, 5.41) is 8.79. The summed E-state index contributed by atoms with van der Waals surface area (Å²) in [6.07, 6.45) is 0.881. The molecule has 0 aliphatic carbocycles. The third-order valence-electron chi connectivity index (χ3n) is 8.23. The van der Waals surface area contributed by atoms with Crippen molar-refractivity contribution in [1.29, 1.82) is 0 Å². The van der Waals surface area contributed by atoms with Gasteiger partial charge >= 0.3 is 0 Å². The number of hydrogen-bond donors (Lipinski definition) is 2. The topological polar surface area (TPSA) is 32.8 Å².